The number of pyridine rings is 1. The molecule has 82 valence electrons. The van der Waals surface area contributed by atoms with Gasteiger partial charge in [0.2, 0.25) is 0 Å². The summed E-state index contributed by atoms with van der Waals surface area (Å²) < 4.78 is 0. The summed E-state index contributed by atoms with van der Waals surface area (Å²) in [5.41, 5.74) is 14.5. The number of hydrogen-bond donors (Lipinski definition) is 2. The van der Waals surface area contributed by atoms with Crippen molar-refractivity contribution in [2.45, 2.75) is 44.6 Å². The second-order valence-electron chi connectivity index (χ2n) is 4.95. The molecule has 3 heteroatoms. The zero-order valence-electron chi connectivity index (χ0n) is 9.46. The van der Waals surface area contributed by atoms with Crippen molar-refractivity contribution in [3.8, 4) is 0 Å². The van der Waals surface area contributed by atoms with E-state index in [1.807, 2.05) is 6.07 Å². The molecule has 3 nitrogen and oxygen atoms in total. The largest absolute Gasteiger partial charge is 0.383 e. The minimum atomic E-state index is 0.127. The highest BCUT2D eigenvalue weighted by Crippen LogP contribution is 2.43. The van der Waals surface area contributed by atoms with Crippen LogP contribution in [-0.4, -0.2) is 11.0 Å². The molecule has 0 radical (unpaired) electrons. The molecule has 15 heavy (non-hydrogen) atoms. The minimum Gasteiger partial charge on any atom is -0.383 e. The number of nitrogen functional groups attached to an aromatic ring is 1. The first-order valence-corrected chi connectivity index (χ1v) is 5.50. The van der Waals surface area contributed by atoms with E-state index in [1.165, 1.54) is 11.1 Å². The Kier molecular flexibility index (Phi) is 2.43. The summed E-state index contributed by atoms with van der Waals surface area (Å²) in [6.07, 6.45) is 4.99. The summed E-state index contributed by atoms with van der Waals surface area (Å²) in [4.78, 5) is 4.19. The number of nitrogens with two attached hydrogens (primary N) is 2. The quantitative estimate of drug-likeness (QED) is 0.734. The standard InChI is InChI=1S/C12H19N3/c1-8-4-6-15-11(14)10(8)12(2)5-3-9(13)7-12/h4,6,9H,3,5,7,13H2,1-2H3,(H2,14,15). The fourth-order valence-corrected chi connectivity index (χ4v) is 2.88. The van der Waals surface area contributed by atoms with Crippen LogP contribution in [0.1, 0.15) is 37.3 Å². The molecule has 0 saturated heterocycles. The molecule has 1 heterocycles. The van der Waals surface area contributed by atoms with Gasteiger partial charge in [-0.2, -0.15) is 0 Å². The van der Waals surface area contributed by atoms with Crippen LogP contribution in [0.15, 0.2) is 12.3 Å². The van der Waals surface area contributed by atoms with Crippen LogP contribution < -0.4 is 11.5 Å². The summed E-state index contributed by atoms with van der Waals surface area (Å²) in [6, 6.07) is 2.34. The molecular formula is C12H19N3. The first-order chi connectivity index (χ1) is 7.03. The molecule has 0 aromatic carbocycles. The van der Waals surface area contributed by atoms with E-state index in [9.17, 15) is 0 Å². The highest BCUT2D eigenvalue weighted by atomic mass is 14.8. The fraction of sp³-hybridized carbons (Fsp3) is 0.583. The summed E-state index contributed by atoms with van der Waals surface area (Å²) in [5.74, 6) is 0.673. The molecule has 1 saturated carbocycles. The van der Waals surface area contributed by atoms with Gasteiger partial charge in [-0.1, -0.05) is 6.92 Å². The molecule has 0 bridgehead atoms. The molecule has 1 aliphatic carbocycles. The van der Waals surface area contributed by atoms with E-state index in [1.54, 1.807) is 6.20 Å². The maximum Gasteiger partial charge on any atom is 0.127 e. The smallest absolute Gasteiger partial charge is 0.127 e. The van der Waals surface area contributed by atoms with Crippen LogP contribution in [0.4, 0.5) is 5.82 Å². The van der Waals surface area contributed by atoms with E-state index in [0.717, 1.165) is 19.3 Å². The predicted octanol–water partition coefficient (Wildman–Crippen LogP) is 1.74. The van der Waals surface area contributed by atoms with Crippen LogP contribution in [0.3, 0.4) is 0 Å². The zero-order chi connectivity index (χ0) is 11.1. The van der Waals surface area contributed by atoms with E-state index < -0.39 is 0 Å². The number of rotatable bonds is 1. The van der Waals surface area contributed by atoms with Crippen LogP contribution >= 0.6 is 0 Å². The van der Waals surface area contributed by atoms with Gasteiger partial charge in [0.15, 0.2) is 0 Å². The molecule has 1 fully saturated rings. The molecule has 2 atom stereocenters. The number of nitrogens with zero attached hydrogens (tertiary/aromatic N) is 1. The lowest BCUT2D eigenvalue weighted by atomic mass is 9.79. The van der Waals surface area contributed by atoms with Crippen LogP contribution in [-0.2, 0) is 5.41 Å². The summed E-state index contributed by atoms with van der Waals surface area (Å²) in [6.45, 7) is 4.35. The second-order valence-corrected chi connectivity index (χ2v) is 4.95. The third-order valence-electron chi connectivity index (χ3n) is 3.57. The highest BCUT2D eigenvalue weighted by molar-refractivity contribution is 5.49. The van der Waals surface area contributed by atoms with Gasteiger partial charge in [0.05, 0.1) is 0 Å². The Morgan fingerprint density at radius 3 is 2.80 bits per heavy atom. The van der Waals surface area contributed by atoms with Gasteiger partial charge in [-0.3, -0.25) is 0 Å². The van der Waals surface area contributed by atoms with Crippen molar-refractivity contribution in [2.24, 2.45) is 5.73 Å². The Balaban J connectivity index is 2.45. The lowest BCUT2D eigenvalue weighted by Gasteiger charge is -2.27. The Morgan fingerprint density at radius 2 is 2.27 bits per heavy atom. The Hall–Kier alpha value is -1.09. The molecule has 0 amide bonds. The van der Waals surface area contributed by atoms with E-state index in [2.05, 4.69) is 18.8 Å². The fourth-order valence-electron chi connectivity index (χ4n) is 2.88. The molecule has 0 aliphatic heterocycles. The monoisotopic (exact) mass is 205 g/mol. The minimum absolute atomic E-state index is 0.127. The first-order valence-electron chi connectivity index (χ1n) is 5.50. The third kappa shape index (κ3) is 1.72. The van der Waals surface area contributed by atoms with Crippen molar-refractivity contribution in [2.75, 3.05) is 5.73 Å². The maximum absolute atomic E-state index is 5.99. The number of aryl methyl sites for hydroxylation is 1. The maximum atomic E-state index is 5.99. The van der Waals surface area contributed by atoms with Crippen molar-refractivity contribution in [3.05, 3.63) is 23.4 Å². The lowest BCUT2D eigenvalue weighted by Crippen LogP contribution is -2.25. The molecule has 2 unspecified atom stereocenters. The van der Waals surface area contributed by atoms with Crippen molar-refractivity contribution < 1.29 is 0 Å². The third-order valence-corrected chi connectivity index (χ3v) is 3.57. The van der Waals surface area contributed by atoms with Crippen molar-refractivity contribution >= 4 is 5.82 Å². The number of anilines is 1. The SMILES string of the molecule is Cc1ccnc(N)c1C1(C)CCC(N)C1. The second kappa shape index (κ2) is 3.49. The van der Waals surface area contributed by atoms with Gasteiger partial charge in [-0.05, 0) is 43.2 Å². The van der Waals surface area contributed by atoms with Crippen LogP contribution in [0.25, 0.3) is 0 Å². The predicted molar refractivity (Wildman–Crippen MR) is 62.6 cm³/mol. The summed E-state index contributed by atoms with van der Waals surface area (Å²) in [5, 5.41) is 0. The Bertz CT molecular complexity index is 355. The Morgan fingerprint density at radius 1 is 1.53 bits per heavy atom. The van der Waals surface area contributed by atoms with Gasteiger partial charge < -0.3 is 11.5 Å². The van der Waals surface area contributed by atoms with Crippen LogP contribution in [0.2, 0.25) is 0 Å². The van der Waals surface area contributed by atoms with E-state index in [0.29, 0.717) is 11.9 Å². The van der Waals surface area contributed by atoms with Crippen molar-refractivity contribution in [3.63, 3.8) is 0 Å². The molecule has 1 aromatic rings. The molecule has 1 aliphatic rings. The Labute approximate surface area is 90.9 Å². The van der Waals surface area contributed by atoms with E-state index in [4.69, 9.17) is 11.5 Å². The molecule has 1 aromatic heterocycles. The topological polar surface area (TPSA) is 64.9 Å². The van der Waals surface area contributed by atoms with Gasteiger partial charge in [0.25, 0.3) is 0 Å². The highest BCUT2D eigenvalue weighted by Gasteiger charge is 2.37. The molecule has 4 N–H and O–H groups in total. The van der Waals surface area contributed by atoms with Gasteiger partial charge >= 0.3 is 0 Å². The van der Waals surface area contributed by atoms with Gasteiger partial charge in [0, 0.05) is 17.8 Å². The normalized spacial score (nSPS) is 30.7. The first kappa shape index (κ1) is 10.4. The van der Waals surface area contributed by atoms with E-state index in [-0.39, 0.29) is 5.41 Å². The average Bonchev–Trinajstić information content (AvgIpc) is 2.46. The summed E-state index contributed by atoms with van der Waals surface area (Å²) >= 11 is 0. The van der Waals surface area contributed by atoms with Crippen molar-refractivity contribution in [1.82, 2.24) is 4.98 Å². The van der Waals surface area contributed by atoms with E-state index >= 15 is 0 Å². The molecular weight excluding hydrogens is 186 g/mol. The molecule has 2 rings (SSSR count). The van der Waals surface area contributed by atoms with Gasteiger partial charge in [-0.15, -0.1) is 0 Å². The van der Waals surface area contributed by atoms with Gasteiger partial charge in [0.1, 0.15) is 5.82 Å². The van der Waals surface area contributed by atoms with Gasteiger partial charge in [-0.25, -0.2) is 4.98 Å². The van der Waals surface area contributed by atoms with Crippen LogP contribution in [0, 0.1) is 6.92 Å². The number of aromatic nitrogens is 1. The molecule has 0 spiro atoms. The zero-order valence-corrected chi connectivity index (χ0v) is 9.46. The lowest BCUT2D eigenvalue weighted by molar-refractivity contribution is 0.480. The summed E-state index contributed by atoms with van der Waals surface area (Å²) in [7, 11) is 0. The average molecular weight is 205 g/mol. The van der Waals surface area contributed by atoms with Crippen LogP contribution in [0.5, 0.6) is 0 Å². The number of hydrogen-bond acceptors (Lipinski definition) is 3. The van der Waals surface area contributed by atoms with Crippen molar-refractivity contribution in [1.29, 1.82) is 0 Å².